The van der Waals surface area contributed by atoms with E-state index in [1.165, 1.54) is 18.4 Å². The molecule has 1 heterocycles. The van der Waals surface area contributed by atoms with Crippen LogP contribution in [0.2, 0.25) is 5.02 Å². The van der Waals surface area contributed by atoms with Crippen molar-refractivity contribution in [3.8, 4) is 5.75 Å². The summed E-state index contributed by atoms with van der Waals surface area (Å²) in [4.78, 5) is 0. The Morgan fingerprint density at radius 1 is 1.50 bits per heavy atom. The largest absolute Gasteiger partial charge is 0.488 e. The molecule has 0 saturated heterocycles. The molecule has 1 aliphatic rings. The van der Waals surface area contributed by atoms with Crippen LogP contribution in [-0.2, 0) is 6.42 Å². The van der Waals surface area contributed by atoms with Gasteiger partial charge in [0.1, 0.15) is 11.9 Å². The van der Waals surface area contributed by atoms with Gasteiger partial charge in [-0.25, -0.2) is 0 Å². The Morgan fingerprint density at radius 2 is 2.38 bits per heavy atom. The Morgan fingerprint density at radius 3 is 3.19 bits per heavy atom. The Balaban J connectivity index is 1.81. The average molecular weight is 240 g/mol. The van der Waals surface area contributed by atoms with Crippen molar-refractivity contribution in [2.75, 3.05) is 13.1 Å². The Kier molecular flexibility index (Phi) is 4.08. The van der Waals surface area contributed by atoms with Gasteiger partial charge < -0.3 is 10.1 Å². The van der Waals surface area contributed by atoms with Crippen molar-refractivity contribution in [2.24, 2.45) is 0 Å². The Hall–Kier alpha value is -0.730. The molecule has 1 N–H and O–H groups in total. The summed E-state index contributed by atoms with van der Waals surface area (Å²) >= 11 is 5.95. The second kappa shape index (κ2) is 5.55. The van der Waals surface area contributed by atoms with E-state index in [-0.39, 0.29) is 6.10 Å². The van der Waals surface area contributed by atoms with E-state index in [9.17, 15) is 0 Å². The van der Waals surface area contributed by atoms with Crippen molar-refractivity contribution in [3.05, 3.63) is 28.8 Å². The van der Waals surface area contributed by atoms with Crippen LogP contribution in [0.5, 0.6) is 5.75 Å². The monoisotopic (exact) mass is 239 g/mol. The molecule has 1 aliphatic heterocycles. The molecule has 0 aliphatic carbocycles. The quantitative estimate of drug-likeness (QED) is 0.798. The number of hydrogen-bond acceptors (Lipinski definition) is 2. The Bertz CT molecular complexity index is 354. The number of unbranched alkanes of at least 4 members (excludes halogenated alkanes) is 1. The molecule has 0 spiro atoms. The number of benzene rings is 1. The van der Waals surface area contributed by atoms with Crippen molar-refractivity contribution in [3.63, 3.8) is 0 Å². The van der Waals surface area contributed by atoms with Crippen LogP contribution in [0.4, 0.5) is 0 Å². The van der Waals surface area contributed by atoms with E-state index < -0.39 is 0 Å². The molecule has 88 valence electrons. The predicted octanol–water partition coefficient (Wildman–Crippen LogP) is 3.03. The summed E-state index contributed by atoms with van der Waals surface area (Å²) in [6.45, 7) is 4.20. The van der Waals surface area contributed by atoms with E-state index >= 15 is 0 Å². The summed E-state index contributed by atoms with van der Waals surface area (Å²) in [6.07, 6.45) is 3.69. The van der Waals surface area contributed by atoms with E-state index in [1.54, 1.807) is 0 Å². The highest BCUT2D eigenvalue weighted by molar-refractivity contribution is 6.30. The third-order valence-electron chi connectivity index (χ3n) is 2.84. The van der Waals surface area contributed by atoms with Crippen LogP contribution in [0, 0.1) is 0 Å². The molecule has 2 rings (SSSR count). The van der Waals surface area contributed by atoms with Crippen LogP contribution >= 0.6 is 11.6 Å². The molecule has 0 aromatic heterocycles. The van der Waals surface area contributed by atoms with Crippen LogP contribution in [-0.4, -0.2) is 19.2 Å². The molecule has 1 aromatic carbocycles. The maximum atomic E-state index is 5.95. The van der Waals surface area contributed by atoms with Gasteiger partial charge in [-0.1, -0.05) is 24.9 Å². The van der Waals surface area contributed by atoms with E-state index in [1.807, 2.05) is 18.2 Å². The van der Waals surface area contributed by atoms with Gasteiger partial charge >= 0.3 is 0 Å². The van der Waals surface area contributed by atoms with Gasteiger partial charge in [-0.05, 0) is 36.7 Å². The number of fused-ring (bicyclic) bond motifs is 1. The van der Waals surface area contributed by atoms with Crippen LogP contribution in [0.1, 0.15) is 25.3 Å². The van der Waals surface area contributed by atoms with Gasteiger partial charge in [0.25, 0.3) is 0 Å². The van der Waals surface area contributed by atoms with Crippen molar-refractivity contribution in [1.82, 2.24) is 5.32 Å². The lowest BCUT2D eigenvalue weighted by Crippen LogP contribution is -2.30. The summed E-state index contributed by atoms with van der Waals surface area (Å²) in [5.41, 5.74) is 1.23. The lowest BCUT2D eigenvalue weighted by atomic mass is 10.1. The second-order valence-electron chi connectivity index (χ2n) is 4.25. The van der Waals surface area contributed by atoms with Gasteiger partial charge in [-0.15, -0.1) is 0 Å². The second-order valence-corrected chi connectivity index (χ2v) is 4.69. The van der Waals surface area contributed by atoms with Crippen LogP contribution in [0.15, 0.2) is 18.2 Å². The summed E-state index contributed by atoms with van der Waals surface area (Å²) in [6, 6.07) is 5.85. The number of hydrogen-bond donors (Lipinski definition) is 1. The molecule has 2 nitrogen and oxygen atoms in total. The van der Waals surface area contributed by atoms with Crippen molar-refractivity contribution >= 4 is 11.6 Å². The lowest BCUT2D eigenvalue weighted by molar-refractivity contribution is 0.227. The molecule has 1 unspecified atom stereocenters. The SMILES string of the molecule is CCCCNCC1Cc2cc(Cl)ccc2O1. The minimum Gasteiger partial charge on any atom is -0.488 e. The van der Waals surface area contributed by atoms with Crippen LogP contribution in [0.3, 0.4) is 0 Å². The molecule has 0 bridgehead atoms. The number of nitrogens with one attached hydrogen (secondary N) is 1. The number of halogens is 1. The zero-order valence-electron chi connectivity index (χ0n) is 9.63. The van der Waals surface area contributed by atoms with Gasteiger partial charge in [0.15, 0.2) is 0 Å². The summed E-state index contributed by atoms with van der Waals surface area (Å²) in [7, 11) is 0. The molecular formula is C13H18ClNO. The van der Waals surface area contributed by atoms with Crippen LogP contribution < -0.4 is 10.1 Å². The molecule has 0 amide bonds. The maximum Gasteiger partial charge on any atom is 0.123 e. The van der Waals surface area contributed by atoms with E-state index in [2.05, 4.69) is 12.2 Å². The minimum atomic E-state index is 0.269. The van der Waals surface area contributed by atoms with Crippen molar-refractivity contribution < 1.29 is 4.74 Å². The molecule has 16 heavy (non-hydrogen) atoms. The highest BCUT2D eigenvalue weighted by Crippen LogP contribution is 2.30. The third-order valence-corrected chi connectivity index (χ3v) is 3.08. The van der Waals surface area contributed by atoms with Gasteiger partial charge in [-0.2, -0.15) is 0 Å². The lowest BCUT2D eigenvalue weighted by Gasteiger charge is -2.11. The van der Waals surface area contributed by atoms with Gasteiger partial charge in [0.2, 0.25) is 0 Å². The minimum absolute atomic E-state index is 0.269. The highest BCUT2D eigenvalue weighted by atomic mass is 35.5. The van der Waals surface area contributed by atoms with E-state index in [0.29, 0.717) is 0 Å². The fourth-order valence-electron chi connectivity index (χ4n) is 1.97. The topological polar surface area (TPSA) is 21.3 Å². The van der Waals surface area contributed by atoms with Gasteiger partial charge in [0, 0.05) is 18.0 Å². The third kappa shape index (κ3) is 2.89. The van der Waals surface area contributed by atoms with E-state index in [0.717, 1.165) is 30.3 Å². The fraction of sp³-hybridized carbons (Fsp3) is 0.538. The summed E-state index contributed by atoms with van der Waals surface area (Å²) in [5, 5.41) is 4.21. The summed E-state index contributed by atoms with van der Waals surface area (Å²) < 4.78 is 5.82. The zero-order valence-corrected chi connectivity index (χ0v) is 10.4. The molecule has 0 fully saturated rings. The first kappa shape index (κ1) is 11.7. The molecular weight excluding hydrogens is 222 g/mol. The average Bonchev–Trinajstić information content (AvgIpc) is 2.66. The first-order chi connectivity index (χ1) is 7.79. The molecule has 0 saturated carbocycles. The first-order valence-corrected chi connectivity index (χ1v) is 6.33. The normalized spacial score (nSPS) is 18.2. The van der Waals surface area contributed by atoms with Gasteiger partial charge in [-0.3, -0.25) is 0 Å². The maximum absolute atomic E-state index is 5.95. The summed E-state index contributed by atoms with van der Waals surface area (Å²) in [5.74, 6) is 0.992. The smallest absolute Gasteiger partial charge is 0.123 e. The fourth-order valence-corrected chi connectivity index (χ4v) is 2.16. The van der Waals surface area contributed by atoms with Crippen LogP contribution in [0.25, 0.3) is 0 Å². The van der Waals surface area contributed by atoms with Gasteiger partial charge in [0.05, 0.1) is 0 Å². The van der Waals surface area contributed by atoms with E-state index in [4.69, 9.17) is 16.3 Å². The highest BCUT2D eigenvalue weighted by Gasteiger charge is 2.22. The standard InChI is InChI=1S/C13H18ClNO/c1-2-3-6-15-9-12-8-10-7-11(14)4-5-13(10)16-12/h4-5,7,12,15H,2-3,6,8-9H2,1H3. The number of ether oxygens (including phenoxy) is 1. The Labute approximate surface area is 102 Å². The number of rotatable bonds is 5. The van der Waals surface area contributed by atoms with Crippen molar-refractivity contribution in [1.29, 1.82) is 0 Å². The molecule has 1 aromatic rings. The molecule has 0 radical (unpaired) electrons. The predicted molar refractivity (Wildman–Crippen MR) is 67.3 cm³/mol. The zero-order chi connectivity index (χ0) is 11.4. The molecule has 3 heteroatoms. The first-order valence-electron chi connectivity index (χ1n) is 5.95. The van der Waals surface area contributed by atoms with Crippen molar-refractivity contribution in [2.45, 2.75) is 32.3 Å². The molecule has 1 atom stereocenters.